The summed E-state index contributed by atoms with van der Waals surface area (Å²) >= 11 is 0. The summed E-state index contributed by atoms with van der Waals surface area (Å²) in [6.45, 7) is -0.173. The largest absolute Gasteiger partial charge is 0.497 e. The number of aryl methyl sites for hydroxylation is 1. The van der Waals surface area contributed by atoms with Crippen LogP contribution in [0.4, 0.5) is 4.39 Å². The fourth-order valence-corrected chi connectivity index (χ4v) is 2.55. The van der Waals surface area contributed by atoms with E-state index in [0.717, 1.165) is 17.7 Å². The summed E-state index contributed by atoms with van der Waals surface area (Å²) in [4.78, 5) is 24.1. The summed E-state index contributed by atoms with van der Waals surface area (Å²) in [5.74, 6) is -0.889. The van der Waals surface area contributed by atoms with Gasteiger partial charge < -0.3 is 14.7 Å². The zero-order chi connectivity index (χ0) is 16.2. The van der Waals surface area contributed by atoms with Crippen LogP contribution in [0.1, 0.15) is 24.8 Å². The second kappa shape index (κ2) is 6.77. The smallest absolute Gasteiger partial charge is 0.343 e. The van der Waals surface area contributed by atoms with Crippen LogP contribution in [0.3, 0.4) is 0 Å². The molecule has 5 nitrogen and oxygen atoms in total. The summed E-state index contributed by atoms with van der Waals surface area (Å²) in [6.07, 6.45) is 1.55. The van der Waals surface area contributed by atoms with Crippen molar-refractivity contribution in [3.05, 3.63) is 29.8 Å². The van der Waals surface area contributed by atoms with Gasteiger partial charge in [-0.05, 0) is 30.5 Å². The number of halogens is 1. The standard InChI is InChI=1S/C16H20FNO4/c1-22-13-7-5-12(6-8-13)3-2-4-14(19)18-10-9-16(17,11-18)15(20)21/h5-8H,2-4,9-11H2,1H3,(H,20,21). The maximum Gasteiger partial charge on any atom is 0.343 e. The number of ether oxygens (including phenoxy) is 1. The van der Waals surface area contributed by atoms with Crippen molar-refractivity contribution >= 4 is 11.9 Å². The topological polar surface area (TPSA) is 66.8 Å². The lowest BCUT2D eigenvalue weighted by atomic mass is 10.1. The van der Waals surface area contributed by atoms with Crippen molar-refractivity contribution in [1.29, 1.82) is 0 Å². The Bertz CT molecular complexity index is 546. The zero-order valence-corrected chi connectivity index (χ0v) is 12.5. The third-order valence-electron chi connectivity index (χ3n) is 3.97. The summed E-state index contributed by atoms with van der Waals surface area (Å²) in [5, 5.41) is 8.82. The number of nitrogens with zero attached hydrogens (tertiary/aromatic N) is 1. The van der Waals surface area contributed by atoms with E-state index in [1.165, 1.54) is 4.90 Å². The van der Waals surface area contributed by atoms with Gasteiger partial charge in [-0.1, -0.05) is 12.1 Å². The van der Waals surface area contributed by atoms with Gasteiger partial charge in [-0.3, -0.25) is 4.79 Å². The first-order valence-electron chi connectivity index (χ1n) is 7.27. The molecule has 1 saturated heterocycles. The number of carboxylic acid groups (broad SMARTS) is 1. The number of aliphatic carboxylic acids is 1. The number of alkyl halides is 1. The average Bonchev–Trinajstić information content (AvgIpc) is 2.92. The van der Waals surface area contributed by atoms with Gasteiger partial charge in [0.2, 0.25) is 11.6 Å². The van der Waals surface area contributed by atoms with E-state index < -0.39 is 11.6 Å². The first-order chi connectivity index (χ1) is 10.4. The van der Waals surface area contributed by atoms with Gasteiger partial charge >= 0.3 is 5.97 Å². The van der Waals surface area contributed by atoms with Gasteiger partial charge in [0, 0.05) is 19.4 Å². The fourth-order valence-electron chi connectivity index (χ4n) is 2.55. The van der Waals surface area contributed by atoms with Gasteiger partial charge in [0.05, 0.1) is 13.7 Å². The lowest BCUT2D eigenvalue weighted by molar-refractivity contribution is -0.150. The molecule has 0 spiro atoms. The number of likely N-dealkylation sites (tertiary alicyclic amines) is 1. The van der Waals surface area contributed by atoms with Crippen LogP contribution < -0.4 is 4.74 Å². The number of hydrogen-bond donors (Lipinski definition) is 1. The first kappa shape index (κ1) is 16.3. The Labute approximate surface area is 128 Å². The van der Waals surface area contributed by atoms with Crippen molar-refractivity contribution in [2.75, 3.05) is 20.2 Å². The minimum atomic E-state index is -2.29. The third kappa shape index (κ3) is 3.75. The number of methoxy groups -OCH3 is 1. The number of hydrogen-bond acceptors (Lipinski definition) is 3. The Morgan fingerprint density at radius 3 is 2.59 bits per heavy atom. The molecule has 22 heavy (non-hydrogen) atoms. The number of rotatable bonds is 6. The van der Waals surface area contributed by atoms with Crippen LogP contribution in [-0.2, 0) is 16.0 Å². The molecular weight excluding hydrogens is 289 g/mol. The van der Waals surface area contributed by atoms with Crippen LogP contribution in [0.15, 0.2) is 24.3 Å². The van der Waals surface area contributed by atoms with Crippen LogP contribution in [0.25, 0.3) is 0 Å². The molecule has 0 bridgehead atoms. The predicted molar refractivity (Wildman–Crippen MR) is 78.6 cm³/mol. The van der Waals surface area contributed by atoms with Crippen LogP contribution in [-0.4, -0.2) is 47.8 Å². The molecule has 1 unspecified atom stereocenters. The molecule has 1 aliphatic heterocycles. The Kier molecular flexibility index (Phi) is 5.00. The molecule has 1 heterocycles. The molecule has 1 N–H and O–H groups in total. The molecule has 1 aromatic carbocycles. The molecule has 0 radical (unpaired) electrons. The average molecular weight is 309 g/mol. The van der Waals surface area contributed by atoms with Crippen molar-refractivity contribution < 1.29 is 23.8 Å². The SMILES string of the molecule is COc1ccc(CCCC(=O)N2CCC(F)(C(=O)O)C2)cc1. The maximum absolute atomic E-state index is 13.9. The number of carboxylic acids is 1. The van der Waals surface area contributed by atoms with E-state index >= 15 is 0 Å². The summed E-state index contributed by atoms with van der Waals surface area (Å²) in [5.41, 5.74) is -1.19. The van der Waals surface area contributed by atoms with E-state index in [-0.39, 0.29) is 25.4 Å². The van der Waals surface area contributed by atoms with E-state index in [2.05, 4.69) is 0 Å². The monoisotopic (exact) mass is 309 g/mol. The second-order valence-electron chi connectivity index (χ2n) is 5.54. The van der Waals surface area contributed by atoms with Gasteiger partial charge in [0.25, 0.3) is 0 Å². The normalized spacial score (nSPS) is 20.9. The van der Waals surface area contributed by atoms with Crippen molar-refractivity contribution in [2.24, 2.45) is 0 Å². The van der Waals surface area contributed by atoms with Gasteiger partial charge in [-0.2, -0.15) is 0 Å². The quantitative estimate of drug-likeness (QED) is 0.873. The lowest BCUT2D eigenvalue weighted by Gasteiger charge is -2.17. The van der Waals surface area contributed by atoms with Crippen molar-refractivity contribution in [3.8, 4) is 5.75 Å². The van der Waals surface area contributed by atoms with E-state index in [1.54, 1.807) is 7.11 Å². The minimum absolute atomic E-state index is 0.132. The lowest BCUT2D eigenvalue weighted by Crippen LogP contribution is -2.38. The Balaban J connectivity index is 1.77. The van der Waals surface area contributed by atoms with Gasteiger partial charge in [0.15, 0.2) is 0 Å². The fraction of sp³-hybridized carbons (Fsp3) is 0.500. The van der Waals surface area contributed by atoms with Crippen molar-refractivity contribution in [2.45, 2.75) is 31.4 Å². The van der Waals surface area contributed by atoms with E-state index in [1.807, 2.05) is 24.3 Å². The molecule has 120 valence electrons. The Morgan fingerprint density at radius 1 is 1.36 bits per heavy atom. The molecule has 2 rings (SSSR count). The molecule has 0 aliphatic carbocycles. The molecular formula is C16H20FNO4. The maximum atomic E-state index is 13.9. The number of carbonyl (C=O) groups is 2. The molecule has 0 saturated carbocycles. The van der Waals surface area contributed by atoms with Gasteiger partial charge in [-0.25, -0.2) is 9.18 Å². The van der Waals surface area contributed by atoms with Gasteiger partial charge in [-0.15, -0.1) is 0 Å². The molecule has 1 aromatic rings. The third-order valence-corrected chi connectivity index (χ3v) is 3.97. The predicted octanol–water partition coefficient (Wildman–Crippen LogP) is 2.04. The molecule has 1 fully saturated rings. The van der Waals surface area contributed by atoms with E-state index in [4.69, 9.17) is 9.84 Å². The van der Waals surface area contributed by atoms with Crippen molar-refractivity contribution in [1.82, 2.24) is 4.90 Å². The number of carbonyl (C=O) groups excluding carboxylic acids is 1. The van der Waals surface area contributed by atoms with Crippen LogP contribution in [0.2, 0.25) is 0 Å². The zero-order valence-electron chi connectivity index (χ0n) is 12.5. The molecule has 1 amide bonds. The van der Waals surface area contributed by atoms with Crippen LogP contribution in [0.5, 0.6) is 5.75 Å². The molecule has 1 aliphatic rings. The number of amides is 1. The number of benzene rings is 1. The van der Waals surface area contributed by atoms with Crippen LogP contribution in [0, 0.1) is 0 Å². The van der Waals surface area contributed by atoms with E-state index in [0.29, 0.717) is 12.8 Å². The molecule has 0 aromatic heterocycles. The molecule has 6 heteroatoms. The highest BCUT2D eigenvalue weighted by molar-refractivity contribution is 5.82. The highest BCUT2D eigenvalue weighted by atomic mass is 19.1. The summed E-state index contributed by atoms with van der Waals surface area (Å²) in [7, 11) is 1.60. The Morgan fingerprint density at radius 2 is 2.05 bits per heavy atom. The summed E-state index contributed by atoms with van der Waals surface area (Å²) < 4.78 is 19.0. The highest BCUT2D eigenvalue weighted by Crippen LogP contribution is 2.26. The summed E-state index contributed by atoms with van der Waals surface area (Å²) in [6, 6.07) is 7.61. The Hall–Kier alpha value is -2.11. The minimum Gasteiger partial charge on any atom is -0.497 e. The highest BCUT2D eigenvalue weighted by Gasteiger charge is 2.46. The van der Waals surface area contributed by atoms with Crippen molar-refractivity contribution in [3.63, 3.8) is 0 Å². The van der Waals surface area contributed by atoms with Crippen LogP contribution >= 0.6 is 0 Å². The second-order valence-corrected chi connectivity index (χ2v) is 5.54. The van der Waals surface area contributed by atoms with Gasteiger partial charge in [0.1, 0.15) is 5.75 Å². The first-order valence-corrected chi connectivity index (χ1v) is 7.27. The molecule has 1 atom stereocenters. The van der Waals surface area contributed by atoms with E-state index in [9.17, 15) is 14.0 Å².